The summed E-state index contributed by atoms with van der Waals surface area (Å²) < 4.78 is 3.19. The minimum atomic E-state index is 0. The average Bonchev–Trinajstić information content (AvgIpc) is 2.51. The Morgan fingerprint density at radius 2 is 1.10 bits per heavy atom. The third-order valence-corrected chi connectivity index (χ3v) is 8.81. The third-order valence-electron chi connectivity index (χ3n) is 2.69. The van der Waals surface area contributed by atoms with Gasteiger partial charge in [0.25, 0.3) is 0 Å². The minimum absolute atomic E-state index is 0. The van der Waals surface area contributed by atoms with Crippen molar-refractivity contribution in [3.8, 4) is 0 Å². The second-order valence-electron chi connectivity index (χ2n) is 4.61. The number of hydrogen-bond donors (Lipinski definition) is 0. The number of benzene rings is 2. The van der Waals surface area contributed by atoms with E-state index < -0.39 is 0 Å². The van der Waals surface area contributed by atoms with Gasteiger partial charge in [-0.1, -0.05) is 69.2 Å². The van der Waals surface area contributed by atoms with Crippen LogP contribution in [0.4, 0.5) is 0 Å². The van der Waals surface area contributed by atoms with E-state index >= 15 is 0 Å². The second kappa shape index (κ2) is 15.0. The van der Waals surface area contributed by atoms with Crippen molar-refractivity contribution < 1.29 is 0 Å². The van der Waals surface area contributed by atoms with Crippen LogP contribution in [0.2, 0.25) is 8.87 Å². The maximum atomic E-state index is 2.29. The van der Waals surface area contributed by atoms with E-state index in [4.69, 9.17) is 0 Å². The molecule has 0 spiro atoms. The van der Waals surface area contributed by atoms with Crippen LogP contribution in [0.25, 0.3) is 0 Å². The van der Waals surface area contributed by atoms with Gasteiger partial charge in [0.1, 0.15) is 0 Å². The van der Waals surface area contributed by atoms with E-state index in [-0.39, 0.29) is 31.0 Å². The Labute approximate surface area is 146 Å². The molecule has 0 fully saturated rings. The van der Waals surface area contributed by atoms with E-state index in [1.807, 2.05) is 0 Å². The first-order valence-corrected chi connectivity index (χ1v) is 12.5. The van der Waals surface area contributed by atoms with E-state index in [1.165, 1.54) is 23.5 Å². The first-order valence-electron chi connectivity index (χ1n) is 7.44. The van der Waals surface area contributed by atoms with Crippen LogP contribution in [-0.4, -0.2) is 21.1 Å². The maximum absolute atomic E-state index is 2.29. The van der Waals surface area contributed by atoms with Crippen molar-refractivity contribution in [2.75, 3.05) is 0 Å². The Morgan fingerprint density at radius 1 is 0.714 bits per heavy atom. The summed E-state index contributed by atoms with van der Waals surface area (Å²) in [5, 5.41) is 2.79. The summed E-state index contributed by atoms with van der Waals surface area (Å²) in [7, 11) is 0.777. The van der Waals surface area contributed by atoms with Gasteiger partial charge < -0.3 is 0 Å². The van der Waals surface area contributed by atoms with Crippen LogP contribution in [0, 0.1) is 0 Å². The van der Waals surface area contributed by atoms with Crippen LogP contribution in [0.15, 0.2) is 60.7 Å². The van der Waals surface area contributed by atoms with Gasteiger partial charge in [-0.2, -0.15) is 9.90 Å². The molecular weight excluding hydrogens is 397 g/mol. The van der Waals surface area contributed by atoms with Crippen molar-refractivity contribution in [3.05, 3.63) is 60.7 Å². The molecule has 2 aromatic rings. The Hall–Kier alpha value is 0.0987. The molecule has 0 bridgehead atoms. The number of rotatable bonds is 6. The van der Waals surface area contributed by atoms with Crippen LogP contribution in [0.3, 0.4) is 0 Å². The van der Waals surface area contributed by atoms with E-state index in [1.54, 1.807) is 8.87 Å². The molecule has 3 heteroatoms. The Kier molecular flexibility index (Phi) is 15.1. The summed E-state index contributed by atoms with van der Waals surface area (Å²) in [6, 6.07) is 21.2. The van der Waals surface area contributed by atoms with Gasteiger partial charge in [0.2, 0.25) is 0 Å². The molecule has 114 valence electrons. The molecule has 0 amide bonds. The fourth-order valence-electron chi connectivity index (χ4n) is 1.69. The topological polar surface area (TPSA) is 0 Å². The van der Waals surface area contributed by atoms with Gasteiger partial charge in [0.05, 0.1) is 0 Å². The molecule has 1 atom stereocenters. The molecule has 2 rings (SSSR count). The molecule has 21 heavy (non-hydrogen) atoms. The zero-order valence-electron chi connectivity index (χ0n) is 13.3. The van der Waals surface area contributed by atoms with Gasteiger partial charge in [0.15, 0.2) is 0 Å². The van der Waals surface area contributed by atoms with E-state index in [0.717, 1.165) is 8.58 Å². The van der Waals surface area contributed by atoms with Crippen molar-refractivity contribution in [2.45, 2.75) is 35.6 Å². The molecule has 0 saturated heterocycles. The fraction of sp³-hybridized carbons (Fsp3) is 0.333. The minimum Gasteiger partial charge on any atom is -0.153 e. The monoisotopic (exact) mass is 426 g/mol. The van der Waals surface area contributed by atoms with Gasteiger partial charge >= 0.3 is 56.7 Å². The summed E-state index contributed by atoms with van der Waals surface area (Å²) in [4.78, 5) is 0. The number of hydrogen-bond acceptors (Lipinski definition) is 0. The predicted molar refractivity (Wildman–Crippen MR) is 108 cm³/mol. The zero-order valence-corrected chi connectivity index (χ0v) is 18.6. The molecule has 2 radical (unpaired) electrons. The summed E-state index contributed by atoms with van der Waals surface area (Å²) in [6.45, 7) is 4.58. The smallest absolute Gasteiger partial charge is 0.0226 e. The van der Waals surface area contributed by atoms with Crippen molar-refractivity contribution in [3.63, 3.8) is 0 Å². The second-order valence-corrected chi connectivity index (χ2v) is 10.3. The van der Waals surface area contributed by atoms with E-state index in [9.17, 15) is 0 Å². The van der Waals surface area contributed by atoms with Crippen LogP contribution in [0.5, 0.6) is 0 Å². The summed E-state index contributed by atoms with van der Waals surface area (Å²) in [5.41, 5.74) is 0. The average molecular weight is 425 g/mol. The molecule has 0 nitrogen and oxygen atoms in total. The molecule has 0 aromatic heterocycles. The van der Waals surface area contributed by atoms with Gasteiger partial charge in [-0.3, -0.25) is 0 Å². The molecule has 0 heterocycles. The first-order chi connectivity index (χ1) is 9.86. The van der Waals surface area contributed by atoms with E-state index in [2.05, 4.69) is 74.5 Å². The summed E-state index contributed by atoms with van der Waals surface area (Å²) in [5.74, 6) is 0. The van der Waals surface area contributed by atoms with Gasteiger partial charge in [-0.25, -0.2) is 0 Å². The molecule has 0 aliphatic rings. The van der Waals surface area contributed by atoms with Gasteiger partial charge in [-0.15, -0.1) is 0 Å². The van der Waals surface area contributed by atoms with Crippen molar-refractivity contribution >= 4 is 50.2 Å². The fourth-order valence-corrected chi connectivity index (χ4v) is 5.47. The molecule has 0 aliphatic carbocycles. The molecule has 2 aromatic carbocycles. The Balaban J connectivity index is 0.000000436. The summed E-state index contributed by atoms with van der Waals surface area (Å²) >= 11 is 0.181. The normalized spacial score (nSPS) is 9.24. The van der Waals surface area contributed by atoms with Crippen molar-refractivity contribution in [2.24, 2.45) is 0 Å². The zero-order chi connectivity index (χ0) is 14.5. The Bertz CT molecular complexity index is 390. The SMILES string of the molecule is CC[CH2][Sn][CH2]CC.P.c1ccc(Pc2ccccc2)cc1. The van der Waals surface area contributed by atoms with Crippen LogP contribution >= 0.6 is 18.5 Å². The quantitative estimate of drug-likeness (QED) is 0.357. The van der Waals surface area contributed by atoms with Gasteiger partial charge in [0, 0.05) is 0 Å². The Morgan fingerprint density at radius 3 is 1.43 bits per heavy atom. The maximum Gasteiger partial charge on any atom is -0.0226 e. The molecule has 0 N–H and O–H groups in total. The van der Waals surface area contributed by atoms with Crippen LogP contribution in [0.1, 0.15) is 26.7 Å². The van der Waals surface area contributed by atoms with Crippen LogP contribution < -0.4 is 10.6 Å². The predicted octanol–water partition coefficient (Wildman–Crippen LogP) is 4.72. The van der Waals surface area contributed by atoms with Crippen LogP contribution in [-0.2, 0) is 0 Å². The van der Waals surface area contributed by atoms with E-state index in [0.29, 0.717) is 0 Å². The molecule has 0 aliphatic heterocycles. The first kappa shape index (κ1) is 21.1. The molecular formula is C18H28P2Sn. The standard InChI is InChI=1S/C12H11P.2C3H7.H3P.Sn/c1-3-7-11(8-4-1)13-12-9-5-2-6-10-12;2*1-3-2;;/h1-10,13H;2*1,3H2,2H3;1H3;. The molecule has 1 unspecified atom stereocenters. The van der Waals surface area contributed by atoms with Crippen molar-refractivity contribution in [1.29, 1.82) is 0 Å². The summed E-state index contributed by atoms with van der Waals surface area (Å²) in [6.07, 6.45) is 2.87. The van der Waals surface area contributed by atoms with Crippen molar-refractivity contribution in [1.82, 2.24) is 0 Å². The van der Waals surface area contributed by atoms with Gasteiger partial charge in [-0.05, 0) is 10.6 Å². The third kappa shape index (κ3) is 11.3. The largest absolute Gasteiger partial charge is 0.153 e. The molecule has 0 saturated carbocycles.